The van der Waals surface area contributed by atoms with Crippen LogP contribution in [0.3, 0.4) is 0 Å². The van der Waals surface area contributed by atoms with Crippen molar-refractivity contribution in [2.45, 2.75) is 50.1 Å². The predicted octanol–water partition coefficient (Wildman–Crippen LogP) is 3.14. The molecule has 45 heavy (non-hydrogen) atoms. The standard InChI is InChI=1S/C29H30N4O11S/c1-16(34)22-23-25(42-2)26(24(31(23)27(22)35)28(36)43-14-17-3-7-19(8-4-17)32(38)39)45-21-11-12-30(13-21)29(37)44-15-18-5-9-20(10-6-18)33(40)41/h3-10,16,21-23,25,34H,11-15H2,1-2H3/t16-,21+,22-,23-,25?/m1/s1. The molecular weight excluding hydrogens is 612 g/mol. The van der Waals surface area contributed by atoms with Crippen LogP contribution in [0.1, 0.15) is 24.5 Å². The van der Waals surface area contributed by atoms with Crippen LogP contribution >= 0.6 is 11.8 Å². The molecule has 3 aliphatic heterocycles. The number of nitro benzene ring substituents is 2. The number of methoxy groups -OCH3 is 1. The maximum Gasteiger partial charge on any atom is 0.410 e. The minimum absolute atomic E-state index is 0.0138. The number of carbonyl (C=O) groups excluding carboxylic acids is 3. The third-order valence-corrected chi connectivity index (χ3v) is 9.32. The van der Waals surface area contributed by atoms with Crippen molar-refractivity contribution in [3.05, 3.63) is 90.5 Å². The molecule has 5 rings (SSSR count). The summed E-state index contributed by atoms with van der Waals surface area (Å²) in [5.74, 6) is -1.99. The van der Waals surface area contributed by atoms with Crippen molar-refractivity contribution in [1.29, 1.82) is 0 Å². The van der Waals surface area contributed by atoms with E-state index < -0.39 is 52.0 Å². The summed E-state index contributed by atoms with van der Waals surface area (Å²) in [5.41, 5.74) is 0.943. The number of ether oxygens (including phenoxy) is 3. The van der Waals surface area contributed by atoms with Gasteiger partial charge in [0.1, 0.15) is 25.0 Å². The molecule has 0 spiro atoms. The van der Waals surface area contributed by atoms with Gasteiger partial charge in [0.2, 0.25) is 5.91 Å². The fraction of sp³-hybridized carbons (Fsp3) is 0.414. The van der Waals surface area contributed by atoms with Gasteiger partial charge in [-0.1, -0.05) is 0 Å². The molecule has 5 atom stereocenters. The number of β-lactam (4-membered cyclic amide) rings is 1. The van der Waals surface area contributed by atoms with Crippen molar-refractivity contribution in [2.24, 2.45) is 5.92 Å². The van der Waals surface area contributed by atoms with Crippen LogP contribution in [-0.4, -0.2) is 86.4 Å². The lowest BCUT2D eigenvalue weighted by atomic mass is 9.82. The first-order valence-corrected chi connectivity index (χ1v) is 14.9. The molecule has 2 aromatic rings. The van der Waals surface area contributed by atoms with Gasteiger partial charge in [0, 0.05) is 54.6 Å². The van der Waals surface area contributed by atoms with Gasteiger partial charge in [0.25, 0.3) is 11.4 Å². The minimum Gasteiger partial charge on any atom is -0.456 e. The number of aliphatic hydroxyl groups is 1. The molecule has 1 N–H and O–H groups in total. The second-order valence-corrected chi connectivity index (χ2v) is 12.1. The molecule has 0 bridgehead atoms. The van der Waals surface area contributed by atoms with E-state index in [-0.39, 0.29) is 42.1 Å². The number of nitrogens with zero attached hydrogens (tertiary/aromatic N) is 4. The molecule has 0 saturated carbocycles. The third-order valence-electron chi connectivity index (χ3n) is 7.92. The van der Waals surface area contributed by atoms with Crippen molar-refractivity contribution < 1.29 is 43.5 Å². The van der Waals surface area contributed by atoms with E-state index in [1.807, 2.05) is 0 Å². The van der Waals surface area contributed by atoms with E-state index in [2.05, 4.69) is 0 Å². The summed E-state index contributed by atoms with van der Waals surface area (Å²) in [6, 6.07) is 10.6. The molecular formula is C29H30N4O11S. The van der Waals surface area contributed by atoms with Gasteiger partial charge in [-0.05, 0) is 48.7 Å². The number of non-ortho nitro benzene ring substituents is 2. The van der Waals surface area contributed by atoms with Crippen molar-refractivity contribution in [1.82, 2.24) is 9.80 Å². The van der Waals surface area contributed by atoms with Gasteiger partial charge in [-0.2, -0.15) is 0 Å². The Morgan fingerprint density at radius 1 is 1.00 bits per heavy atom. The monoisotopic (exact) mass is 642 g/mol. The zero-order valence-corrected chi connectivity index (χ0v) is 25.1. The molecule has 3 aliphatic rings. The zero-order valence-electron chi connectivity index (χ0n) is 24.3. The number of esters is 1. The molecule has 2 fully saturated rings. The van der Waals surface area contributed by atoms with Gasteiger partial charge in [-0.15, -0.1) is 11.8 Å². The molecule has 0 aliphatic carbocycles. The number of fused-ring (bicyclic) bond motifs is 1. The lowest BCUT2D eigenvalue weighted by molar-refractivity contribution is -0.385. The molecule has 0 radical (unpaired) electrons. The topological polar surface area (TPSA) is 192 Å². The Bertz CT molecular complexity index is 1530. The highest BCUT2D eigenvalue weighted by atomic mass is 32.2. The number of aliphatic hydroxyl groups excluding tert-OH is 1. The summed E-state index contributed by atoms with van der Waals surface area (Å²) in [5, 5.41) is 31.9. The fourth-order valence-electron chi connectivity index (χ4n) is 5.63. The van der Waals surface area contributed by atoms with E-state index in [0.717, 1.165) is 0 Å². The number of nitro groups is 2. The molecule has 0 aromatic heterocycles. The Morgan fingerprint density at radius 3 is 2.07 bits per heavy atom. The van der Waals surface area contributed by atoms with Crippen molar-refractivity contribution in [3.63, 3.8) is 0 Å². The van der Waals surface area contributed by atoms with E-state index in [1.54, 1.807) is 0 Å². The highest BCUT2D eigenvalue weighted by Gasteiger charge is 2.62. The van der Waals surface area contributed by atoms with Crippen LogP contribution in [0, 0.1) is 26.1 Å². The average Bonchev–Trinajstić information content (AvgIpc) is 3.59. The number of amides is 2. The Balaban J connectivity index is 1.27. The first kappa shape index (κ1) is 31.9. The highest BCUT2D eigenvalue weighted by molar-refractivity contribution is 8.03. The fourth-order valence-corrected chi connectivity index (χ4v) is 7.13. The van der Waals surface area contributed by atoms with Crippen LogP contribution < -0.4 is 0 Å². The molecule has 3 heterocycles. The summed E-state index contributed by atoms with van der Waals surface area (Å²) >= 11 is 1.30. The maximum absolute atomic E-state index is 13.5. The Morgan fingerprint density at radius 2 is 1.56 bits per heavy atom. The molecule has 2 amide bonds. The number of rotatable bonds is 11. The molecule has 15 nitrogen and oxygen atoms in total. The Labute approximate surface area is 261 Å². The smallest absolute Gasteiger partial charge is 0.410 e. The van der Waals surface area contributed by atoms with Gasteiger partial charge >= 0.3 is 12.1 Å². The van der Waals surface area contributed by atoms with E-state index >= 15 is 0 Å². The number of hydrogen-bond acceptors (Lipinski definition) is 12. The third kappa shape index (κ3) is 6.48. The second-order valence-electron chi connectivity index (χ2n) is 10.8. The van der Waals surface area contributed by atoms with Crippen LogP contribution in [0.5, 0.6) is 0 Å². The summed E-state index contributed by atoms with van der Waals surface area (Å²) in [4.78, 5) is 63.4. The summed E-state index contributed by atoms with van der Waals surface area (Å²) in [6.07, 6.45) is -1.69. The number of likely N-dealkylation sites (tertiary alicyclic amines) is 1. The molecule has 1 unspecified atom stereocenters. The van der Waals surface area contributed by atoms with Crippen molar-refractivity contribution >= 4 is 41.1 Å². The largest absolute Gasteiger partial charge is 0.456 e. The summed E-state index contributed by atoms with van der Waals surface area (Å²) in [7, 11) is 1.45. The Hall–Kier alpha value is -4.54. The maximum atomic E-state index is 13.5. The Kier molecular flexibility index (Phi) is 9.36. The number of hydrogen-bond donors (Lipinski definition) is 1. The van der Waals surface area contributed by atoms with Crippen LogP contribution in [0.25, 0.3) is 0 Å². The summed E-state index contributed by atoms with van der Waals surface area (Å²) in [6.45, 7) is 1.91. The van der Waals surface area contributed by atoms with Gasteiger partial charge in [0.05, 0.1) is 27.9 Å². The van der Waals surface area contributed by atoms with Crippen LogP contribution in [0.2, 0.25) is 0 Å². The van der Waals surface area contributed by atoms with Crippen LogP contribution in [0.4, 0.5) is 16.2 Å². The van der Waals surface area contributed by atoms with Crippen LogP contribution in [0.15, 0.2) is 59.1 Å². The molecule has 238 valence electrons. The van der Waals surface area contributed by atoms with Crippen LogP contribution in [-0.2, 0) is 37.0 Å². The van der Waals surface area contributed by atoms with E-state index in [0.29, 0.717) is 29.0 Å². The first-order valence-electron chi connectivity index (χ1n) is 14.0. The van der Waals surface area contributed by atoms with Gasteiger partial charge < -0.3 is 24.2 Å². The second kappa shape index (κ2) is 13.2. The number of thioether (sulfide) groups is 1. The lowest BCUT2D eigenvalue weighted by Gasteiger charge is -2.46. The van der Waals surface area contributed by atoms with Crippen molar-refractivity contribution in [2.75, 3.05) is 20.2 Å². The van der Waals surface area contributed by atoms with E-state index in [1.165, 1.54) is 84.1 Å². The average molecular weight is 643 g/mol. The molecule has 16 heteroatoms. The van der Waals surface area contributed by atoms with Crippen molar-refractivity contribution in [3.8, 4) is 0 Å². The predicted molar refractivity (Wildman–Crippen MR) is 157 cm³/mol. The van der Waals surface area contributed by atoms with E-state index in [9.17, 15) is 39.7 Å². The van der Waals surface area contributed by atoms with Gasteiger partial charge in [-0.3, -0.25) is 29.9 Å². The minimum atomic E-state index is -0.981. The van der Waals surface area contributed by atoms with Gasteiger partial charge in [-0.25, -0.2) is 9.59 Å². The SMILES string of the molecule is COC1C(S[C@H]2CCN(C(=O)OCc3ccc([N+](=O)[O-])cc3)C2)=C(C(=O)OCc2ccc([N+](=O)[O-])cc2)N2C(=O)[C@H]([C@@H](C)O)[C@H]12. The van der Waals surface area contributed by atoms with Gasteiger partial charge in [0.15, 0.2) is 0 Å². The lowest BCUT2D eigenvalue weighted by Crippen LogP contribution is -2.65. The molecule has 2 aromatic carbocycles. The summed E-state index contributed by atoms with van der Waals surface area (Å²) < 4.78 is 16.7. The first-order chi connectivity index (χ1) is 21.5. The normalized spacial score (nSPS) is 23.0. The van der Waals surface area contributed by atoms with E-state index in [4.69, 9.17) is 14.2 Å². The quantitative estimate of drug-likeness (QED) is 0.163. The number of benzene rings is 2. The molecule has 2 saturated heterocycles. The number of carbonyl (C=O) groups is 3. The zero-order chi connectivity index (χ0) is 32.4. The highest BCUT2D eigenvalue weighted by Crippen LogP contribution is 2.50.